The fraction of sp³-hybridized carbons (Fsp3) is 0.833. The van der Waals surface area contributed by atoms with Gasteiger partial charge in [-0.05, 0) is 6.54 Å². The van der Waals surface area contributed by atoms with Crippen LogP contribution in [0.3, 0.4) is 0 Å². The van der Waals surface area contributed by atoms with Crippen LogP contribution in [0.2, 0.25) is 6.32 Å². The quantitative estimate of drug-likeness (QED) is 0.607. The lowest BCUT2D eigenvalue weighted by atomic mass is 9.85. The molecule has 0 radical (unpaired) electrons. The van der Waals surface area contributed by atoms with Crippen LogP contribution in [-0.2, 0) is 0 Å². The Bertz CT molecular complexity index is 192. The predicted octanol–water partition coefficient (Wildman–Crippen LogP) is 1.29. The topological polar surface area (TPSA) is 27.0 Å². The molecule has 1 aliphatic rings. The zero-order valence-corrected chi connectivity index (χ0v) is 6.51. The smallest absolute Gasteiger partial charge is 0.449 e. The van der Waals surface area contributed by atoms with Crippen molar-refractivity contribution < 1.29 is 12.9 Å². The van der Waals surface area contributed by atoms with E-state index in [-0.39, 0.29) is 12.5 Å². The molecule has 0 saturated carbocycles. The van der Waals surface area contributed by atoms with Gasteiger partial charge < -0.3 is 17.8 Å². The van der Waals surface area contributed by atoms with Crippen molar-refractivity contribution in [2.75, 3.05) is 19.6 Å². The molecule has 0 N–H and O–H groups in total. The van der Waals surface area contributed by atoms with Crippen LogP contribution in [0.25, 0.3) is 0 Å². The number of hydrogen-bond donors (Lipinski definition) is 0. The summed E-state index contributed by atoms with van der Waals surface area (Å²) in [6.45, 7) is -3.59. The molecule has 1 fully saturated rings. The fourth-order valence-corrected chi connectivity index (χ4v) is 1.16. The van der Waals surface area contributed by atoms with Crippen LogP contribution >= 0.6 is 0 Å². The molecule has 0 aromatic carbocycles. The van der Waals surface area contributed by atoms with Gasteiger partial charge in [0.2, 0.25) is 0 Å². The first-order chi connectivity index (χ1) is 5.51. The van der Waals surface area contributed by atoms with Crippen LogP contribution in [0.1, 0.15) is 0 Å². The van der Waals surface area contributed by atoms with Crippen LogP contribution in [0.5, 0.6) is 0 Å². The summed E-state index contributed by atoms with van der Waals surface area (Å²) in [6.07, 6.45) is -0.710. The summed E-state index contributed by atoms with van der Waals surface area (Å²) in [5, 5.41) is 8.34. The molecule has 0 amide bonds. The Labute approximate surface area is 69.0 Å². The standard InChI is InChI=1S/C6H9BF3N2/c8-7(9,10)1-2-12-4-6(3-11)5-12/h6H,1-2,4-5H2/q-1. The maximum atomic E-state index is 11.7. The lowest BCUT2D eigenvalue weighted by molar-refractivity contribution is 0.140. The molecule has 2 nitrogen and oxygen atoms in total. The number of rotatable bonds is 3. The van der Waals surface area contributed by atoms with Gasteiger partial charge in [-0.15, -0.1) is 0 Å². The van der Waals surface area contributed by atoms with Crippen LogP contribution in [0.4, 0.5) is 12.9 Å². The van der Waals surface area contributed by atoms with Gasteiger partial charge in [-0.2, -0.15) is 5.26 Å². The van der Waals surface area contributed by atoms with Gasteiger partial charge in [0.25, 0.3) is 0 Å². The molecule has 1 rings (SSSR count). The second-order valence-electron chi connectivity index (χ2n) is 3.08. The molecule has 0 unspecified atom stereocenters. The van der Waals surface area contributed by atoms with Crippen molar-refractivity contribution in [2.45, 2.75) is 6.32 Å². The maximum Gasteiger partial charge on any atom is 0.479 e. The minimum atomic E-state index is -4.65. The van der Waals surface area contributed by atoms with E-state index in [2.05, 4.69) is 0 Å². The number of nitrogens with zero attached hydrogens (tertiary/aromatic N) is 2. The van der Waals surface area contributed by atoms with E-state index in [0.717, 1.165) is 0 Å². The van der Waals surface area contributed by atoms with Gasteiger partial charge in [0.1, 0.15) is 0 Å². The number of likely N-dealkylation sites (tertiary alicyclic amines) is 1. The highest BCUT2D eigenvalue weighted by Crippen LogP contribution is 2.19. The Hall–Kier alpha value is -0.695. The van der Waals surface area contributed by atoms with E-state index in [0.29, 0.717) is 13.1 Å². The maximum absolute atomic E-state index is 11.7. The zero-order chi connectivity index (χ0) is 9.19. The minimum absolute atomic E-state index is 0.0502. The third-order valence-corrected chi connectivity index (χ3v) is 1.91. The molecule has 0 aliphatic carbocycles. The van der Waals surface area contributed by atoms with Crippen molar-refractivity contribution in [2.24, 2.45) is 5.92 Å². The molecule has 1 heterocycles. The van der Waals surface area contributed by atoms with Crippen molar-refractivity contribution in [3.05, 3.63) is 0 Å². The van der Waals surface area contributed by atoms with Gasteiger partial charge in [0, 0.05) is 13.1 Å². The van der Waals surface area contributed by atoms with E-state index in [4.69, 9.17) is 5.26 Å². The minimum Gasteiger partial charge on any atom is -0.449 e. The van der Waals surface area contributed by atoms with Crippen molar-refractivity contribution in [1.29, 1.82) is 5.26 Å². The Morgan fingerprint density at radius 2 is 2.00 bits per heavy atom. The molecular weight excluding hydrogens is 168 g/mol. The van der Waals surface area contributed by atoms with E-state index in [9.17, 15) is 12.9 Å². The summed E-state index contributed by atoms with van der Waals surface area (Å²) >= 11 is 0. The van der Waals surface area contributed by atoms with E-state index in [1.165, 1.54) is 0 Å². The van der Waals surface area contributed by atoms with Gasteiger partial charge >= 0.3 is 6.98 Å². The molecule has 6 heteroatoms. The van der Waals surface area contributed by atoms with Gasteiger partial charge in [0.05, 0.1) is 12.0 Å². The van der Waals surface area contributed by atoms with Gasteiger partial charge in [0.15, 0.2) is 0 Å². The average Bonchev–Trinajstić information content (AvgIpc) is 1.82. The average molecular weight is 177 g/mol. The van der Waals surface area contributed by atoms with Crippen molar-refractivity contribution in [3.63, 3.8) is 0 Å². The molecule has 68 valence electrons. The second-order valence-corrected chi connectivity index (χ2v) is 3.08. The van der Waals surface area contributed by atoms with Crippen LogP contribution < -0.4 is 0 Å². The summed E-state index contributed by atoms with van der Waals surface area (Å²) < 4.78 is 35.2. The molecule has 0 atom stereocenters. The first kappa shape index (κ1) is 9.39. The molecule has 1 aliphatic heterocycles. The lowest BCUT2D eigenvalue weighted by Gasteiger charge is -2.36. The molecule has 0 bridgehead atoms. The monoisotopic (exact) mass is 177 g/mol. The van der Waals surface area contributed by atoms with E-state index in [1.807, 2.05) is 6.07 Å². The number of hydrogen-bond acceptors (Lipinski definition) is 2. The highest BCUT2D eigenvalue weighted by Gasteiger charge is 2.29. The van der Waals surface area contributed by atoms with Crippen LogP contribution in [-0.4, -0.2) is 31.5 Å². The molecule has 1 saturated heterocycles. The van der Waals surface area contributed by atoms with Crippen LogP contribution in [0.15, 0.2) is 0 Å². The Morgan fingerprint density at radius 3 is 2.42 bits per heavy atom. The highest BCUT2D eigenvalue weighted by molar-refractivity contribution is 6.58. The molecule has 0 spiro atoms. The van der Waals surface area contributed by atoms with Crippen molar-refractivity contribution in [1.82, 2.24) is 4.90 Å². The number of nitriles is 1. The summed E-state index contributed by atoms with van der Waals surface area (Å²) in [6, 6.07) is 2.01. The van der Waals surface area contributed by atoms with Crippen LogP contribution in [0, 0.1) is 17.2 Å². The van der Waals surface area contributed by atoms with Crippen molar-refractivity contribution in [3.8, 4) is 6.07 Å². The molecule has 0 aromatic heterocycles. The van der Waals surface area contributed by atoms with E-state index >= 15 is 0 Å². The van der Waals surface area contributed by atoms with Gasteiger partial charge in [-0.1, -0.05) is 6.32 Å². The summed E-state index contributed by atoms with van der Waals surface area (Å²) in [5.41, 5.74) is 0. The second kappa shape index (κ2) is 3.36. The molecular formula is C6H9BF3N2-. The highest BCUT2D eigenvalue weighted by atomic mass is 19.4. The zero-order valence-electron chi connectivity index (χ0n) is 6.51. The molecule has 12 heavy (non-hydrogen) atoms. The fourth-order valence-electron chi connectivity index (χ4n) is 1.16. The summed E-state index contributed by atoms with van der Waals surface area (Å²) in [4.78, 5) is 1.66. The third kappa shape index (κ3) is 2.74. The first-order valence-electron chi connectivity index (χ1n) is 3.84. The van der Waals surface area contributed by atoms with E-state index in [1.54, 1.807) is 4.90 Å². The Morgan fingerprint density at radius 1 is 1.42 bits per heavy atom. The predicted molar refractivity (Wildman–Crippen MR) is 39.4 cm³/mol. The largest absolute Gasteiger partial charge is 0.479 e. The van der Waals surface area contributed by atoms with E-state index < -0.39 is 13.3 Å². The first-order valence-corrected chi connectivity index (χ1v) is 3.84. The van der Waals surface area contributed by atoms with Gasteiger partial charge in [-0.25, -0.2) is 0 Å². The summed E-state index contributed by atoms with van der Waals surface area (Å²) in [7, 11) is 0. The van der Waals surface area contributed by atoms with Crippen molar-refractivity contribution >= 4 is 6.98 Å². The normalized spacial score (nSPS) is 20.2. The Balaban J connectivity index is 2.09. The number of halogens is 3. The third-order valence-electron chi connectivity index (χ3n) is 1.91. The molecule has 0 aromatic rings. The Kier molecular flexibility index (Phi) is 2.63. The SMILES string of the molecule is N#CC1CN(CC[B-](F)(F)F)C1. The summed E-state index contributed by atoms with van der Waals surface area (Å²) in [5.74, 6) is -0.0502. The van der Waals surface area contributed by atoms with Gasteiger partial charge in [-0.3, -0.25) is 0 Å². The lowest BCUT2D eigenvalue weighted by Crippen LogP contribution is -2.47.